The number of aryl methyl sites for hydroxylation is 1. The fourth-order valence-electron chi connectivity index (χ4n) is 1.90. The summed E-state index contributed by atoms with van der Waals surface area (Å²) < 4.78 is 0. The molecule has 2 N–H and O–H groups in total. The summed E-state index contributed by atoms with van der Waals surface area (Å²) in [5.74, 6) is 0.0934. The van der Waals surface area contributed by atoms with Crippen LogP contribution >= 0.6 is 0 Å². The number of rotatable bonds is 7. The number of aromatic nitrogens is 1. The molecule has 1 aromatic rings. The van der Waals surface area contributed by atoms with E-state index < -0.39 is 0 Å². The molecule has 4 heteroatoms. The van der Waals surface area contributed by atoms with Crippen LogP contribution in [0.5, 0.6) is 0 Å². The zero-order chi connectivity index (χ0) is 12.8. The van der Waals surface area contributed by atoms with E-state index in [1.165, 1.54) is 18.4 Å². The third kappa shape index (κ3) is 4.11. The zero-order valence-electron chi connectivity index (χ0n) is 10.9. The largest absolute Gasteiger partial charge is 0.350 e. The first-order valence-electron chi connectivity index (χ1n) is 6.72. The predicted octanol–water partition coefficient (Wildman–Crippen LogP) is 1.40. The smallest absolute Gasteiger partial charge is 0.221 e. The number of carbonyl (C=O) groups excluding carboxylic acids is 1. The highest BCUT2D eigenvalue weighted by Crippen LogP contribution is 2.18. The molecule has 0 unspecified atom stereocenters. The molecule has 4 nitrogen and oxygen atoms in total. The fourth-order valence-corrected chi connectivity index (χ4v) is 1.90. The summed E-state index contributed by atoms with van der Waals surface area (Å²) in [4.78, 5) is 15.9. The van der Waals surface area contributed by atoms with Crippen molar-refractivity contribution in [2.24, 2.45) is 0 Å². The number of nitrogens with zero attached hydrogens (tertiary/aromatic N) is 1. The van der Waals surface area contributed by atoms with E-state index in [9.17, 15) is 4.79 Å². The Bertz CT molecular complexity index is 402. The van der Waals surface area contributed by atoms with Crippen LogP contribution in [0.3, 0.4) is 0 Å². The highest BCUT2D eigenvalue weighted by Gasteiger charge is 2.20. The molecule has 0 aliphatic heterocycles. The Labute approximate surface area is 108 Å². The first-order chi connectivity index (χ1) is 8.79. The van der Waals surface area contributed by atoms with Gasteiger partial charge in [-0.25, -0.2) is 0 Å². The summed E-state index contributed by atoms with van der Waals surface area (Å²) in [6.07, 6.45) is 5.78. The second kappa shape index (κ2) is 6.50. The Balaban J connectivity index is 1.70. The van der Waals surface area contributed by atoms with Crippen molar-refractivity contribution in [3.63, 3.8) is 0 Å². The van der Waals surface area contributed by atoms with Gasteiger partial charge < -0.3 is 10.6 Å². The summed E-state index contributed by atoms with van der Waals surface area (Å²) in [5, 5.41) is 6.26. The van der Waals surface area contributed by atoms with Crippen LogP contribution in [0, 0.1) is 0 Å². The molecule has 0 atom stereocenters. The molecule has 0 aromatic carbocycles. The van der Waals surface area contributed by atoms with E-state index >= 15 is 0 Å². The molecule has 0 spiro atoms. The maximum absolute atomic E-state index is 11.6. The van der Waals surface area contributed by atoms with Gasteiger partial charge in [-0.2, -0.15) is 0 Å². The number of carbonyl (C=O) groups is 1. The van der Waals surface area contributed by atoms with Crippen molar-refractivity contribution in [1.82, 2.24) is 15.6 Å². The average molecular weight is 247 g/mol. The van der Waals surface area contributed by atoms with Gasteiger partial charge in [-0.3, -0.25) is 9.78 Å². The lowest BCUT2D eigenvalue weighted by molar-refractivity contribution is -0.121. The van der Waals surface area contributed by atoms with Gasteiger partial charge in [0, 0.05) is 25.2 Å². The molecule has 0 bridgehead atoms. The maximum atomic E-state index is 11.6. The van der Waals surface area contributed by atoms with Crippen LogP contribution in [0.25, 0.3) is 0 Å². The molecule has 2 rings (SSSR count). The predicted molar refractivity (Wildman–Crippen MR) is 71.1 cm³/mol. The molecule has 1 aliphatic carbocycles. The Morgan fingerprint density at radius 2 is 2.33 bits per heavy atom. The van der Waals surface area contributed by atoms with Gasteiger partial charge in [0.2, 0.25) is 5.91 Å². The highest BCUT2D eigenvalue weighted by molar-refractivity contribution is 5.76. The minimum absolute atomic E-state index is 0.0934. The van der Waals surface area contributed by atoms with Crippen molar-refractivity contribution < 1.29 is 4.79 Å². The van der Waals surface area contributed by atoms with Crippen molar-refractivity contribution in [3.05, 3.63) is 29.6 Å². The monoisotopic (exact) mass is 247 g/mol. The SMILES string of the molecule is CCc1cccnc1CNC(=O)CCNC1CC1. The Morgan fingerprint density at radius 1 is 1.50 bits per heavy atom. The summed E-state index contributed by atoms with van der Waals surface area (Å²) in [5.41, 5.74) is 2.18. The van der Waals surface area contributed by atoms with E-state index in [1.807, 2.05) is 6.07 Å². The number of amides is 1. The molecule has 1 amide bonds. The van der Waals surface area contributed by atoms with Crippen LogP contribution in [0.1, 0.15) is 37.4 Å². The van der Waals surface area contributed by atoms with E-state index in [2.05, 4.69) is 28.6 Å². The number of pyridine rings is 1. The molecule has 1 heterocycles. The molecular formula is C14H21N3O. The maximum Gasteiger partial charge on any atom is 0.221 e. The lowest BCUT2D eigenvalue weighted by atomic mass is 10.1. The minimum Gasteiger partial charge on any atom is -0.350 e. The van der Waals surface area contributed by atoms with Crippen LogP contribution in [-0.2, 0) is 17.8 Å². The second-order valence-electron chi connectivity index (χ2n) is 4.72. The van der Waals surface area contributed by atoms with Crippen molar-refractivity contribution >= 4 is 5.91 Å². The van der Waals surface area contributed by atoms with Crippen LogP contribution in [0.2, 0.25) is 0 Å². The quantitative estimate of drug-likeness (QED) is 0.766. The molecule has 1 aromatic heterocycles. The molecule has 1 fully saturated rings. The van der Waals surface area contributed by atoms with Crippen LogP contribution in [-0.4, -0.2) is 23.5 Å². The molecule has 98 valence electrons. The second-order valence-corrected chi connectivity index (χ2v) is 4.72. The van der Waals surface area contributed by atoms with Crippen LogP contribution in [0.15, 0.2) is 18.3 Å². The molecule has 18 heavy (non-hydrogen) atoms. The van der Waals surface area contributed by atoms with E-state index in [4.69, 9.17) is 0 Å². The molecule has 0 radical (unpaired) electrons. The van der Waals surface area contributed by atoms with Crippen molar-refractivity contribution in [3.8, 4) is 0 Å². The Morgan fingerprint density at radius 3 is 3.06 bits per heavy atom. The van der Waals surface area contributed by atoms with E-state index in [0.717, 1.165) is 18.7 Å². The van der Waals surface area contributed by atoms with Crippen molar-refractivity contribution in [1.29, 1.82) is 0 Å². The fraction of sp³-hybridized carbons (Fsp3) is 0.571. The molecule has 0 saturated heterocycles. The van der Waals surface area contributed by atoms with E-state index in [-0.39, 0.29) is 5.91 Å². The average Bonchev–Trinajstić information content (AvgIpc) is 3.21. The topological polar surface area (TPSA) is 54.0 Å². The zero-order valence-corrected chi connectivity index (χ0v) is 10.9. The van der Waals surface area contributed by atoms with E-state index in [1.54, 1.807) is 6.20 Å². The first kappa shape index (κ1) is 13.0. The van der Waals surface area contributed by atoms with Crippen LogP contribution < -0.4 is 10.6 Å². The minimum atomic E-state index is 0.0934. The summed E-state index contributed by atoms with van der Waals surface area (Å²) in [6.45, 7) is 3.41. The normalized spacial score (nSPS) is 14.5. The molecule has 1 aliphatic rings. The van der Waals surface area contributed by atoms with Gasteiger partial charge in [0.15, 0.2) is 0 Å². The van der Waals surface area contributed by atoms with Gasteiger partial charge in [0.05, 0.1) is 12.2 Å². The number of nitrogens with one attached hydrogen (secondary N) is 2. The third-order valence-corrected chi connectivity index (χ3v) is 3.18. The number of hydrogen-bond donors (Lipinski definition) is 2. The van der Waals surface area contributed by atoms with Crippen molar-refractivity contribution in [2.45, 2.75) is 45.2 Å². The van der Waals surface area contributed by atoms with Gasteiger partial charge >= 0.3 is 0 Å². The standard InChI is InChI=1S/C14H21N3O/c1-2-11-4-3-8-16-13(11)10-17-14(18)7-9-15-12-5-6-12/h3-4,8,12,15H,2,5-7,9-10H2,1H3,(H,17,18). The van der Waals surface area contributed by atoms with Gasteiger partial charge in [0.1, 0.15) is 0 Å². The van der Waals surface area contributed by atoms with Gasteiger partial charge in [-0.1, -0.05) is 13.0 Å². The summed E-state index contributed by atoms with van der Waals surface area (Å²) >= 11 is 0. The van der Waals surface area contributed by atoms with E-state index in [0.29, 0.717) is 19.0 Å². The van der Waals surface area contributed by atoms with Crippen molar-refractivity contribution in [2.75, 3.05) is 6.54 Å². The summed E-state index contributed by atoms with van der Waals surface area (Å²) in [7, 11) is 0. The Hall–Kier alpha value is -1.42. The highest BCUT2D eigenvalue weighted by atomic mass is 16.1. The molecule has 1 saturated carbocycles. The first-order valence-corrected chi connectivity index (χ1v) is 6.72. The Kier molecular flexibility index (Phi) is 4.70. The molecular weight excluding hydrogens is 226 g/mol. The van der Waals surface area contributed by atoms with Gasteiger partial charge in [-0.05, 0) is 30.9 Å². The van der Waals surface area contributed by atoms with Gasteiger partial charge in [-0.15, -0.1) is 0 Å². The number of hydrogen-bond acceptors (Lipinski definition) is 3. The van der Waals surface area contributed by atoms with Crippen LogP contribution in [0.4, 0.5) is 0 Å². The third-order valence-electron chi connectivity index (χ3n) is 3.18. The lowest BCUT2D eigenvalue weighted by Crippen LogP contribution is -2.28. The summed E-state index contributed by atoms with van der Waals surface area (Å²) in [6, 6.07) is 4.66. The van der Waals surface area contributed by atoms with Gasteiger partial charge in [0.25, 0.3) is 0 Å². The lowest BCUT2D eigenvalue weighted by Gasteiger charge is -2.08.